The van der Waals surface area contributed by atoms with Gasteiger partial charge in [-0.05, 0) is 92.4 Å². The van der Waals surface area contributed by atoms with Gasteiger partial charge in [-0.2, -0.15) is 13.5 Å². The molecule has 11 nitrogen and oxygen atoms in total. The first-order valence-electron chi connectivity index (χ1n) is 18.4. The predicted octanol–water partition coefficient (Wildman–Crippen LogP) is 7.63. The number of halogens is 4. The third-order valence-electron chi connectivity index (χ3n) is 10.6. The van der Waals surface area contributed by atoms with Crippen molar-refractivity contribution in [1.82, 2.24) is 10.2 Å². The zero-order valence-corrected chi connectivity index (χ0v) is 32.8. The van der Waals surface area contributed by atoms with E-state index in [2.05, 4.69) is 10.2 Å². The number of piperidine rings is 3. The molecule has 2 bridgehead atoms. The van der Waals surface area contributed by atoms with Gasteiger partial charge in [0.15, 0.2) is 23.9 Å². The number of fused-ring (bicyclic) bond motifs is 3. The lowest BCUT2D eigenvalue weighted by atomic mass is 9.85. The van der Waals surface area contributed by atoms with Crippen molar-refractivity contribution >= 4 is 46.5 Å². The van der Waals surface area contributed by atoms with Crippen molar-refractivity contribution in [3.63, 3.8) is 0 Å². The SMILES string of the molecule is COc1ccccc1C(NCc1cc([C@@H](Cc2c(Cl)c[n+]([O-])cc2Cl)c2ccc(OC(F)F)c(OCC3CC3)c2)c(C(=O)O)s1)C(=O)O[C@H]1CN2CCC1CC2. The largest absolute Gasteiger partial charge is 0.619 e. The number of hydrogen-bond donors (Lipinski definition) is 2. The van der Waals surface area contributed by atoms with Crippen LogP contribution in [-0.2, 0) is 22.5 Å². The van der Waals surface area contributed by atoms with Crippen LogP contribution in [-0.4, -0.2) is 68.0 Å². The van der Waals surface area contributed by atoms with Gasteiger partial charge < -0.3 is 29.3 Å². The summed E-state index contributed by atoms with van der Waals surface area (Å²) >= 11 is 14.1. The molecule has 1 aliphatic carbocycles. The van der Waals surface area contributed by atoms with E-state index in [1.165, 1.54) is 13.2 Å². The second-order valence-electron chi connectivity index (χ2n) is 14.4. The molecule has 1 saturated carbocycles. The molecule has 2 aromatic carbocycles. The monoisotopic (exact) mass is 831 g/mol. The molecule has 2 aromatic heterocycles. The van der Waals surface area contributed by atoms with Crippen molar-refractivity contribution in [1.29, 1.82) is 0 Å². The third-order valence-corrected chi connectivity index (χ3v) is 12.4. The van der Waals surface area contributed by atoms with Gasteiger partial charge in [0.25, 0.3) is 0 Å². The first kappa shape index (κ1) is 40.0. The number of alkyl halides is 2. The number of pyridine rings is 1. The minimum absolute atomic E-state index is 0.00548. The zero-order valence-electron chi connectivity index (χ0n) is 30.4. The summed E-state index contributed by atoms with van der Waals surface area (Å²) in [5, 5.41) is 26.1. The maximum atomic E-state index is 14.0. The third kappa shape index (κ3) is 9.32. The molecule has 5 heterocycles. The molecule has 3 aliphatic heterocycles. The summed E-state index contributed by atoms with van der Waals surface area (Å²) in [5.41, 5.74) is 1.84. The summed E-state index contributed by atoms with van der Waals surface area (Å²) < 4.78 is 49.9. The Morgan fingerprint density at radius 1 is 1.02 bits per heavy atom. The number of hydrogen-bond acceptors (Lipinski definition) is 10. The molecule has 4 aromatic rings. The second-order valence-corrected chi connectivity index (χ2v) is 16.3. The molecule has 0 radical (unpaired) electrons. The highest BCUT2D eigenvalue weighted by Crippen LogP contribution is 2.42. The van der Waals surface area contributed by atoms with Crippen LogP contribution in [0, 0.1) is 17.0 Å². The van der Waals surface area contributed by atoms with Crippen molar-refractivity contribution in [2.24, 2.45) is 11.8 Å². The highest BCUT2D eigenvalue weighted by atomic mass is 35.5. The molecule has 0 amide bonds. The van der Waals surface area contributed by atoms with Crippen LogP contribution in [0.4, 0.5) is 8.78 Å². The standard InChI is InChI=1S/C40H41Cl2F2N3O8S/c1-52-32-5-3-2-4-26(32)36(39(50)54-35-20-46-12-10-23(35)11-13-46)45-17-25-15-28(37(56-25)38(48)49)27(16-29-30(41)18-47(51)19-31(29)42)24-8-9-33(55-40(43)44)34(14-24)53-21-22-6-7-22/h2-5,8-9,14-15,18-19,22-23,27,35-36,40,45H,6-7,10-13,16-17,20-21H2,1H3,(H,48,49)/t27-,35-,36?/m0/s1. The van der Waals surface area contributed by atoms with Crippen LogP contribution in [0.3, 0.4) is 0 Å². The smallest absolute Gasteiger partial charge is 0.387 e. The fourth-order valence-corrected chi connectivity index (χ4v) is 9.15. The van der Waals surface area contributed by atoms with E-state index in [0.29, 0.717) is 62.6 Å². The Hall–Kier alpha value is -4.21. The summed E-state index contributed by atoms with van der Waals surface area (Å²) in [4.78, 5) is 29.8. The molecule has 4 aliphatic rings. The molecule has 3 saturated heterocycles. The zero-order chi connectivity index (χ0) is 39.5. The second kappa shape index (κ2) is 17.5. The van der Waals surface area contributed by atoms with Crippen LogP contribution in [0.2, 0.25) is 10.0 Å². The summed E-state index contributed by atoms with van der Waals surface area (Å²) in [7, 11) is 1.52. The average Bonchev–Trinajstić information content (AvgIpc) is 3.91. The number of rotatable bonds is 17. The number of nitrogens with zero attached hydrogens (tertiary/aromatic N) is 2. The van der Waals surface area contributed by atoms with Gasteiger partial charge >= 0.3 is 18.6 Å². The molecule has 1 unspecified atom stereocenters. The number of nitrogens with one attached hydrogen (secondary N) is 1. The molecular formula is C40H41Cl2F2N3O8S. The van der Waals surface area contributed by atoms with Crippen LogP contribution in [0.5, 0.6) is 17.2 Å². The van der Waals surface area contributed by atoms with Gasteiger partial charge in [0.1, 0.15) is 32.8 Å². The molecular weight excluding hydrogens is 791 g/mol. The number of esters is 1. The Bertz CT molecular complexity index is 2040. The van der Waals surface area contributed by atoms with E-state index in [1.807, 2.05) is 0 Å². The molecule has 2 N–H and O–H groups in total. The van der Waals surface area contributed by atoms with Crippen LogP contribution in [0.1, 0.15) is 74.4 Å². The lowest BCUT2D eigenvalue weighted by Gasteiger charge is -2.44. The number of ether oxygens (including phenoxy) is 4. The summed E-state index contributed by atoms with van der Waals surface area (Å²) in [5.74, 6) is -1.43. The van der Waals surface area contributed by atoms with Crippen molar-refractivity contribution < 1.29 is 47.2 Å². The Morgan fingerprint density at radius 2 is 1.75 bits per heavy atom. The number of carbonyl (C=O) groups is 2. The van der Waals surface area contributed by atoms with E-state index < -0.39 is 30.5 Å². The highest BCUT2D eigenvalue weighted by Gasteiger charge is 2.38. The van der Waals surface area contributed by atoms with E-state index in [9.17, 15) is 28.7 Å². The van der Waals surface area contributed by atoms with Crippen molar-refractivity contribution in [2.45, 2.75) is 63.3 Å². The van der Waals surface area contributed by atoms with Gasteiger partial charge in [-0.1, -0.05) is 47.5 Å². The summed E-state index contributed by atoms with van der Waals surface area (Å²) in [6.45, 7) is -0.0554. The fraction of sp³-hybridized carbons (Fsp3) is 0.425. The van der Waals surface area contributed by atoms with Gasteiger partial charge in [-0.15, -0.1) is 11.3 Å². The van der Waals surface area contributed by atoms with E-state index in [-0.39, 0.29) is 45.5 Å². The van der Waals surface area contributed by atoms with E-state index >= 15 is 0 Å². The summed E-state index contributed by atoms with van der Waals surface area (Å²) in [6, 6.07) is 12.4. The van der Waals surface area contributed by atoms with E-state index in [0.717, 1.165) is 62.5 Å². The maximum absolute atomic E-state index is 14.0. The van der Waals surface area contributed by atoms with Gasteiger partial charge in [-0.3, -0.25) is 10.2 Å². The minimum atomic E-state index is -3.10. The Balaban J connectivity index is 1.23. The number of carboxylic acids is 1. The van der Waals surface area contributed by atoms with E-state index in [4.69, 9.17) is 42.1 Å². The molecule has 3 atom stereocenters. The Labute approximate surface area is 336 Å². The topological polar surface area (TPSA) is 134 Å². The molecule has 56 heavy (non-hydrogen) atoms. The van der Waals surface area contributed by atoms with Gasteiger partial charge in [-0.25, -0.2) is 9.59 Å². The fourth-order valence-electron chi connectivity index (χ4n) is 7.54. The van der Waals surface area contributed by atoms with E-state index in [1.54, 1.807) is 42.5 Å². The first-order chi connectivity index (χ1) is 27.0. The molecule has 4 fully saturated rings. The predicted molar refractivity (Wildman–Crippen MR) is 205 cm³/mol. The van der Waals surface area contributed by atoms with Crippen molar-refractivity contribution in [3.8, 4) is 17.2 Å². The molecule has 8 rings (SSSR count). The Morgan fingerprint density at radius 3 is 2.39 bits per heavy atom. The number of benzene rings is 2. The van der Waals surface area contributed by atoms with Crippen molar-refractivity contribution in [2.75, 3.05) is 33.4 Å². The lowest BCUT2D eigenvalue weighted by Crippen LogP contribution is -2.52. The van der Waals surface area contributed by atoms with Gasteiger partial charge in [0.2, 0.25) is 0 Å². The van der Waals surface area contributed by atoms with Crippen LogP contribution in [0.25, 0.3) is 0 Å². The van der Waals surface area contributed by atoms with Gasteiger partial charge in [0.05, 0.1) is 13.7 Å². The number of para-hydroxylation sites is 1. The number of carbonyl (C=O) groups excluding carboxylic acids is 1. The summed E-state index contributed by atoms with van der Waals surface area (Å²) in [6.07, 6.45) is 5.95. The highest BCUT2D eigenvalue weighted by molar-refractivity contribution is 7.14. The number of carboxylic acid groups (broad SMARTS) is 1. The quantitative estimate of drug-likeness (QED) is 0.0622. The van der Waals surface area contributed by atoms with Crippen LogP contribution >= 0.6 is 34.5 Å². The maximum Gasteiger partial charge on any atom is 0.387 e. The first-order valence-corrected chi connectivity index (χ1v) is 20.0. The van der Waals surface area contributed by atoms with Crippen molar-refractivity contribution in [3.05, 3.63) is 108 Å². The molecule has 0 spiro atoms. The number of thiophene rings is 1. The lowest BCUT2D eigenvalue weighted by molar-refractivity contribution is -0.605. The average molecular weight is 833 g/mol. The number of aromatic carboxylic acids is 1. The minimum Gasteiger partial charge on any atom is -0.619 e. The normalized spacial score (nSPS) is 20.1. The molecule has 298 valence electrons. The van der Waals surface area contributed by atoms with Crippen LogP contribution in [0.15, 0.2) is 60.9 Å². The molecule has 16 heteroatoms. The van der Waals surface area contributed by atoms with Crippen LogP contribution < -0.4 is 24.3 Å². The Kier molecular flexibility index (Phi) is 12.5. The number of methoxy groups -OCH3 is 1. The van der Waals surface area contributed by atoms with Gasteiger partial charge in [0, 0.05) is 35.0 Å². The number of aromatic nitrogens is 1.